The normalized spacial score (nSPS) is 28.1. The van der Waals surface area contributed by atoms with Crippen molar-refractivity contribution in [3.8, 4) is 0 Å². The van der Waals surface area contributed by atoms with E-state index in [4.69, 9.17) is 5.73 Å². The highest BCUT2D eigenvalue weighted by atomic mass is 15.1. The van der Waals surface area contributed by atoms with E-state index in [1.54, 1.807) is 0 Å². The van der Waals surface area contributed by atoms with Gasteiger partial charge in [-0.2, -0.15) is 0 Å². The van der Waals surface area contributed by atoms with Gasteiger partial charge >= 0.3 is 0 Å². The minimum atomic E-state index is 0.400. The molecule has 0 amide bonds. The number of likely N-dealkylation sites (N-methyl/N-ethyl adjacent to an activating group) is 1. The summed E-state index contributed by atoms with van der Waals surface area (Å²) in [5, 5.41) is 0. The van der Waals surface area contributed by atoms with Crippen LogP contribution in [0.4, 0.5) is 0 Å². The van der Waals surface area contributed by atoms with Crippen LogP contribution in [0.2, 0.25) is 0 Å². The number of nitrogens with zero attached hydrogens (tertiary/aromatic N) is 1. The lowest BCUT2D eigenvalue weighted by atomic mass is 9.91. The Hall–Kier alpha value is -0.0800. The minimum Gasteiger partial charge on any atom is -0.326 e. The van der Waals surface area contributed by atoms with Crippen LogP contribution < -0.4 is 5.73 Å². The third-order valence-corrected chi connectivity index (χ3v) is 3.91. The van der Waals surface area contributed by atoms with Crippen molar-refractivity contribution in [1.82, 2.24) is 4.90 Å². The van der Waals surface area contributed by atoms with Crippen molar-refractivity contribution in [3.05, 3.63) is 0 Å². The predicted molar refractivity (Wildman–Crippen MR) is 71.6 cm³/mol. The van der Waals surface area contributed by atoms with Gasteiger partial charge in [0.15, 0.2) is 0 Å². The highest BCUT2D eigenvalue weighted by Crippen LogP contribution is 2.20. The first-order valence-electron chi connectivity index (χ1n) is 7.07. The molecule has 0 spiro atoms. The summed E-state index contributed by atoms with van der Waals surface area (Å²) >= 11 is 0. The van der Waals surface area contributed by atoms with E-state index < -0.39 is 0 Å². The minimum absolute atomic E-state index is 0.400. The summed E-state index contributed by atoms with van der Waals surface area (Å²) in [4.78, 5) is 2.51. The number of rotatable bonds is 4. The van der Waals surface area contributed by atoms with E-state index in [-0.39, 0.29) is 0 Å². The van der Waals surface area contributed by atoms with Gasteiger partial charge in [0, 0.05) is 12.1 Å². The molecule has 2 nitrogen and oxygen atoms in total. The molecular weight excluding hydrogens is 196 g/mol. The van der Waals surface area contributed by atoms with E-state index in [2.05, 4.69) is 25.8 Å². The SMILES string of the molecule is CC(C)CCN(C)C1CCCCCCC1N. The molecule has 0 aliphatic heterocycles. The van der Waals surface area contributed by atoms with Crippen LogP contribution in [-0.4, -0.2) is 30.6 Å². The smallest absolute Gasteiger partial charge is 0.0244 e. The van der Waals surface area contributed by atoms with Gasteiger partial charge in [0.25, 0.3) is 0 Å². The number of hydrogen-bond donors (Lipinski definition) is 1. The van der Waals surface area contributed by atoms with E-state index in [0.717, 1.165) is 5.92 Å². The topological polar surface area (TPSA) is 29.3 Å². The first kappa shape index (κ1) is 14.0. The summed E-state index contributed by atoms with van der Waals surface area (Å²) in [5.74, 6) is 0.798. The van der Waals surface area contributed by atoms with Crippen molar-refractivity contribution in [1.29, 1.82) is 0 Å². The maximum atomic E-state index is 6.31. The predicted octanol–water partition coefficient (Wildman–Crippen LogP) is 3.01. The Morgan fingerprint density at radius 2 is 1.75 bits per heavy atom. The summed E-state index contributed by atoms with van der Waals surface area (Å²) in [6.07, 6.45) is 9.30. The molecule has 1 fully saturated rings. The first-order valence-corrected chi connectivity index (χ1v) is 7.07. The third kappa shape index (κ3) is 4.84. The van der Waals surface area contributed by atoms with Crippen molar-refractivity contribution >= 4 is 0 Å². The maximum Gasteiger partial charge on any atom is 0.0244 e. The first-order chi connectivity index (χ1) is 7.61. The summed E-state index contributed by atoms with van der Waals surface area (Å²) in [6.45, 7) is 5.80. The highest BCUT2D eigenvalue weighted by molar-refractivity contribution is 4.82. The molecule has 2 N–H and O–H groups in total. The molecule has 2 atom stereocenters. The lowest BCUT2D eigenvalue weighted by Crippen LogP contribution is -2.47. The molecule has 0 bridgehead atoms. The third-order valence-electron chi connectivity index (χ3n) is 3.91. The molecule has 1 aliphatic rings. The molecule has 0 saturated heterocycles. The molecule has 16 heavy (non-hydrogen) atoms. The average molecular weight is 226 g/mol. The van der Waals surface area contributed by atoms with Gasteiger partial charge < -0.3 is 10.6 Å². The Kier molecular flexibility index (Phi) is 6.37. The van der Waals surface area contributed by atoms with Crippen LogP contribution in [-0.2, 0) is 0 Å². The van der Waals surface area contributed by atoms with Gasteiger partial charge in [0.1, 0.15) is 0 Å². The number of hydrogen-bond acceptors (Lipinski definition) is 2. The van der Waals surface area contributed by atoms with Crippen molar-refractivity contribution in [2.45, 2.75) is 70.9 Å². The van der Waals surface area contributed by atoms with E-state index in [9.17, 15) is 0 Å². The monoisotopic (exact) mass is 226 g/mol. The van der Waals surface area contributed by atoms with E-state index in [1.165, 1.54) is 51.5 Å². The summed E-state index contributed by atoms with van der Waals surface area (Å²) in [7, 11) is 2.26. The van der Waals surface area contributed by atoms with Crippen LogP contribution in [0.1, 0.15) is 58.8 Å². The Morgan fingerprint density at radius 3 is 2.38 bits per heavy atom. The average Bonchev–Trinajstić information content (AvgIpc) is 2.20. The highest BCUT2D eigenvalue weighted by Gasteiger charge is 2.22. The van der Waals surface area contributed by atoms with E-state index >= 15 is 0 Å². The van der Waals surface area contributed by atoms with Crippen LogP contribution >= 0.6 is 0 Å². The number of nitrogens with two attached hydrogens (primary N) is 1. The fourth-order valence-electron chi connectivity index (χ4n) is 2.67. The molecule has 96 valence electrons. The van der Waals surface area contributed by atoms with E-state index in [0.29, 0.717) is 12.1 Å². The molecule has 2 unspecified atom stereocenters. The molecule has 0 aromatic rings. The van der Waals surface area contributed by atoms with Gasteiger partial charge in [-0.05, 0) is 38.8 Å². The van der Waals surface area contributed by atoms with Gasteiger partial charge in [0.05, 0.1) is 0 Å². The van der Waals surface area contributed by atoms with Crippen molar-refractivity contribution in [3.63, 3.8) is 0 Å². The zero-order chi connectivity index (χ0) is 12.0. The molecule has 0 aromatic heterocycles. The van der Waals surface area contributed by atoms with Crippen molar-refractivity contribution < 1.29 is 0 Å². The molecular formula is C14H30N2. The van der Waals surface area contributed by atoms with Crippen LogP contribution in [0.25, 0.3) is 0 Å². The Morgan fingerprint density at radius 1 is 1.12 bits per heavy atom. The standard InChI is InChI=1S/C14H30N2/c1-12(2)10-11-16(3)14-9-7-5-4-6-8-13(14)15/h12-14H,4-11,15H2,1-3H3. The zero-order valence-corrected chi connectivity index (χ0v) is 11.4. The zero-order valence-electron chi connectivity index (χ0n) is 11.4. The Balaban J connectivity index is 2.39. The summed E-state index contributed by atoms with van der Waals surface area (Å²) in [5.41, 5.74) is 6.31. The largest absolute Gasteiger partial charge is 0.326 e. The van der Waals surface area contributed by atoms with Gasteiger partial charge in [0.2, 0.25) is 0 Å². The Bertz CT molecular complexity index is 180. The Labute approximate surface area is 102 Å². The van der Waals surface area contributed by atoms with E-state index in [1.807, 2.05) is 0 Å². The fourth-order valence-corrected chi connectivity index (χ4v) is 2.67. The lowest BCUT2D eigenvalue weighted by Gasteiger charge is -2.34. The molecule has 1 aliphatic carbocycles. The van der Waals surface area contributed by atoms with Gasteiger partial charge in [-0.1, -0.05) is 39.5 Å². The van der Waals surface area contributed by atoms with Gasteiger partial charge in [-0.15, -0.1) is 0 Å². The van der Waals surface area contributed by atoms with Gasteiger partial charge in [-0.25, -0.2) is 0 Å². The van der Waals surface area contributed by atoms with Crippen LogP contribution in [0.5, 0.6) is 0 Å². The van der Waals surface area contributed by atoms with Crippen molar-refractivity contribution in [2.75, 3.05) is 13.6 Å². The fraction of sp³-hybridized carbons (Fsp3) is 1.00. The molecule has 2 heteroatoms. The second-order valence-electron chi connectivity index (χ2n) is 5.89. The molecule has 0 heterocycles. The lowest BCUT2D eigenvalue weighted by molar-refractivity contribution is 0.174. The molecule has 0 aromatic carbocycles. The molecule has 0 radical (unpaired) electrons. The van der Waals surface area contributed by atoms with Crippen LogP contribution in [0.15, 0.2) is 0 Å². The second kappa shape index (κ2) is 7.29. The molecule has 1 saturated carbocycles. The van der Waals surface area contributed by atoms with Gasteiger partial charge in [-0.3, -0.25) is 0 Å². The van der Waals surface area contributed by atoms with Crippen LogP contribution in [0.3, 0.4) is 0 Å². The summed E-state index contributed by atoms with van der Waals surface area (Å²) < 4.78 is 0. The van der Waals surface area contributed by atoms with Crippen molar-refractivity contribution in [2.24, 2.45) is 11.7 Å². The summed E-state index contributed by atoms with van der Waals surface area (Å²) in [6, 6.07) is 1.02. The maximum absolute atomic E-state index is 6.31. The quantitative estimate of drug-likeness (QED) is 0.798. The van der Waals surface area contributed by atoms with Crippen LogP contribution in [0, 0.1) is 5.92 Å². The second-order valence-corrected chi connectivity index (χ2v) is 5.89. The molecule has 1 rings (SSSR count).